The van der Waals surface area contributed by atoms with E-state index >= 15 is 0 Å². The van der Waals surface area contributed by atoms with Crippen LogP contribution in [-0.2, 0) is 16.6 Å². The quantitative estimate of drug-likeness (QED) is 0.708. The van der Waals surface area contributed by atoms with E-state index in [9.17, 15) is 12.8 Å². The summed E-state index contributed by atoms with van der Waals surface area (Å²) in [6, 6.07) is 9.25. The number of aryl methyl sites for hydroxylation is 2. The van der Waals surface area contributed by atoms with E-state index in [2.05, 4.69) is 9.82 Å². The molecule has 0 bridgehead atoms. The largest absolute Gasteiger partial charge is 0.276 e. The van der Waals surface area contributed by atoms with Crippen LogP contribution in [0.5, 0.6) is 0 Å². The van der Waals surface area contributed by atoms with Crippen molar-refractivity contribution in [1.29, 1.82) is 0 Å². The summed E-state index contributed by atoms with van der Waals surface area (Å²) in [6.07, 6.45) is 2.97. The predicted molar refractivity (Wildman–Crippen MR) is 99.5 cm³/mol. The van der Waals surface area contributed by atoms with Gasteiger partial charge in [0.2, 0.25) is 0 Å². The molecule has 1 heterocycles. The van der Waals surface area contributed by atoms with Gasteiger partial charge in [0.1, 0.15) is 5.82 Å². The zero-order valence-corrected chi connectivity index (χ0v) is 15.8. The van der Waals surface area contributed by atoms with Gasteiger partial charge in [-0.15, -0.1) is 0 Å². The molecule has 8 heteroatoms. The third-order valence-electron chi connectivity index (χ3n) is 3.85. The molecule has 0 amide bonds. The molecule has 0 saturated heterocycles. The zero-order chi connectivity index (χ0) is 18.9. The third-order valence-corrected chi connectivity index (χ3v) is 5.75. The fraction of sp³-hybridized carbons (Fsp3) is 0.167. The van der Waals surface area contributed by atoms with Crippen LogP contribution in [0.3, 0.4) is 0 Å². The molecule has 0 aliphatic carbocycles. The van der Waals surface area contributed by atoms with Crippen molar-refractivity contribution in [3.63, 3.8) is 0 Å². The van der Waals surface area contributed by atoms with Gasteiger partial charge < -0.3 is 0 Å². The molecule has 0 saturated carbocycles. The van der Waals surface area contributed by atoms with Crippen LogP contribution in [0, 0.1) is 19.7 Å². The smallest absolute Gasteiger partial charge is 0.262 e. The number of anilines is 1. The highest BCUT2D eigenvalue weighted by molar-refractivity contribution is 7.92. The Kier molecular flexibility index (Phi) is 5.02. The third kappa shape index (κ3) is 4.05. The highest BCUT2D eigenvalue weighted by Crippen LogP contribution is 2.21. The number of nitrogens with zero attached hydrogens (tertiary/aromatic N) is 2. The van der Waals surface area contributed by atoms with Crippen LogP contribution in [0.2, 0.25) is 5.02 Å². The van der Waals surface area contributed by atoms with Crippen molar-refractivity contribution in [3.8, 4) is 0 Å². The van der Waals surface area contributed by atoms with Gasteiger partial charge in [0.25, 0.3) is 10.0 Å². The Morgan fingerprint density at radius 3 is 2.65 bits per heavy atom. The number of halogens is 2. The van der Waals surface area contributed by atoms with Crippen molar-refractivity contribution in [3.05, 3.63) is 76.3 Å². The van der Waals surface area contributed by atoms with Crippen molar-refractivity contribution in [1.82, 2.24) is 9.78 Å². The molecule has 0 atom stereocenters. The Morgan fingerprint density at radius 2 is 1.96 bits per heavy atom. The van der Waals surface area contributed by atoms with Gasteiger partial charge in [-0.3, -0.25) is 9.40 Å². The Morgan fingerprint density at radius 1 is 1.19 bits per heavy atom. The lowest BCUT2D eigenvalue weighted by Crippen LogP contribution is -2.14. The number of nitrogens with one attached hydrogen (secondary N) is 1. The van der Waals surface area contributed by atoms with Crippen LogP contribution in [0.4, 0.5) is 10.1 Å². The number of aromatic nitrogens is 2. The highest BCUT2D eigenvalue weighted by atomic mass is 35.5. The molecule has 26 heavy (non-hydrogen) atoms. The molecule has 0 unspecified atom stereocenters. The summed E-state index contributed by atoms with van der Waals surface area (Å²) in [5, 5.41) is 4.42. The lowest BCUT2D eigenvalue weighted by Gasteiger charge is -2.09. The number of hydrogen-bond acceptors (Lipinski definition) is 3. The summed E-state index contributed by atoms with van der Waals surface area (Å²) in [7, 11) is -3.71. The van der Waals surface area contributed by atoms with Crippen molar-refractivity contribution < 1.29 is 12.8 Å². The summed E-state index contributed by atoms with van der Waals surface area (Å²) < 4.78 is 42.3. The first-order chi connectivity index (χ1) is 12.2. The normalized spacial score (nSPS) is 11.5. The second-order valence-electron chi connectivity index (χ2n) is 6.04. The molecule has 0 aliphatic heterocycles. The molecule has 0 spiro atoms. The first kappa shape index (κ1) is 18.4. The van der Waals surface area contributed by atoms with E-state index in [-0.39, 0.29) is 9.92 Å². The van der Waals surface area contributed by atoms with Gasteiger partial charge in [0, 0.05) is 11.2 Å². The minimum atomic E-state index is -3.71. The number of benzene rings is 2. The molecule has 0 aliphatic rings. The molecule has 2 aromatic carbocycles. The molecule has 0 fully saturated rings. The molecule has 136 valence electrons. The van der Waals surface area contributed by atoms with Gasteiger partial charge in [0.05, 0.1) is 23.3 Å². The van der Waals surface area contributed by atoms with E-state index in [4.69, 9.17) is 11.6 Å². The van der Waals surface area contributed by atoms with E-state index in [1.807, 2.05) is 13.0 Å². The van der Waals surface area contributed by atoms with E-state index in [1.165, 1.54) is 23.0 Å². The van der Waals surface area contributed by atoms with Crippen molar-refractivity contribution in [2.24, 2.45) is 0 Å². The molecule has 5 nitrogen and oxygen atoms in total. The maximum atomic E-state index is 13.1. The molecule has 1 aromatic heterocycles. The Hall–Kier alpha value is -2.38. The van der Waals surface area contributed by atoms with E-state index in [0.717, 1.165) is 5.56 Å². The van der Waals surface area contributed by atoms with Crippen LogP contribution in [0.1, 0.15) is 16.7 Å². The minimum Gasteiger partial charge on any atom is -0.276 e. The second kappa shape index (κ2) is 7.09. The molecular formula is C18H17ClFN3O2S. The summed E-state index contributed by atoms with van der Waals surface area (Å²) in [5.41, 5.74) is 2.68. The van der Waals surface area contributed by atoms with E-state index < -0.39 is 15.8 Å². The minimum absolute atomic E-state index is 0.220. The Labute approximate surface area is 156 Å². The molecule has 3 aromatic rings. The lowest BCUT2D eigenvalue weighted by atomic mass is 10.2. The predicted octanol–water partition coefficient (Wildman–Crippen LogP) is 4.14. The second-order valence-corrected chi connectivity index (χ2v) is 8.09. The summed E-state index contributed by atoms with van der Waals surface area (Å²) in [6.45, 7) is 3.95. The zero-order valence-electron chi connectivity index (χ0n) is 14.2. The van der Waals surface area contributed by atoms with E-state index in [0.29, 0.717) is 23.4 Å². The maximum Gasteiger partial charge on any atom is 0.262 e. The van der Waals surface area contributed by atoms with Crippen LogP contribution in [0.15, 0.2) is 53.7 Å². The summed E-state index contributed by atoms with van der Waals surface area (Å²) >= 11 is 6.01. The molecule has 3 rings (SSSR count). The summed E-state index contributed by atoms with van der Waals surface area (Å²) in [4.78, 5) is 0.220. The van der Waals surface area contributed by atoms with Gasteiger partial charge in [-0.05, 0) is 43.2 Å². The number of sulfonamides is 1. The fourth-order valence-corrected chi connectivity index (χ4v) is 4.12. The van der Waals surface area contributed by atoms with Crippen molar-refractivity contribution in [2.45, 2.75) is 25.3 Å². The Bertz CT molecular complexity index is 1060. The van der Waals surface area contributed by atoms with Gasteiger partial charge in [-0.2, -0.15) is 5.10 Å². The van der Waals surface area contributed by atoms with Gasteiger partial charge >= 0.3 is 0 Å². The van der Waals surface area contributed by atoms with Crippen LogP contribution in [0.25, 0.3) is 0 Å². The molecule has 0 radical (unpaired) electrons. The lowest BCUT2D eigenvalue weighted by molar-refractivity contribution is 0.600. The first-order valence-corrected chi connectivity index (χ1v) is 9.67. The van der Waals surface area contributed by atoms with Crippen LogP contribution < -0.4 is 4.72 Å². The molecular weight excluding hydrogens is 377 g/mol. The highest BCUT2D eigenvalue weighted by Gasteiger charge is 2.17. The monoisotopic (exact) mass is 393 g/mol. The van der Waals surface area contributed by atoms with Gasteiger partial charge in [0.15, 0.2) is 0 Å². The topological polar surface area (TPSA) is 64.0 Å². The van der Waals surface area contributed by atoms with Crippen LogP contribution >= 0.6 is 11.6 Å². The van der Waals surface area contributed by atoms with Crippen molar-refractivity contribution >= 4 is 27.3 Å². The number of hydrogen-bond donors (Lipinski definition) is 1. The van der Waals surface area contributed by atoms with Crippen molar-refractivity contribution in [2.75, 3.05) is 4.72 Å². The standard InChI is InChI=1S/C18H17ClFN3O2S/c1-12-3-6-18(13(2)7-12)26(24,25)22-16-9-21-23(11-16)10-14-4-5-15(20)8-17(14)19/h3-9,11,22H,10H2,1-2H3. The fourth-order valence-electron chi connectivity index (χ4n) is 2.64. The summed E-state index contributed by atoms with van der Waals surface area (Å²) in [5.74, 6) is -0.416. The first-order valence-electron chi connectivity index (χ1n) is 7.81. The van der Waals surface area contributed by atoms with Crippen LogP contribution in [-0.4, -0.2) is 18.2 Å². The SMILES string of the molecule is Cc1ccc(S(=O)(=O)Nc2cnn(Cc3ccc(F)cc3Cl)c2)c(C)c1. The van der Waals surface area contributed by atoms with Gasteiger partial charge in [-0.25, -0.2) is 12.8 Å². The average molecular weight is 394 g/mol. The maximum absolute atomic E-state index is 13.1. The Balaban J connectivity index is 1.79. The molecule has 1 N–H and O–H groups in total. The van der Waals surface area contributed by atoms with Gasteiger partial charge in [-0.1, -0.05) is 35.4 Å². The van der Waals surface area contributed by atoms with E-state index in [1.54, 1.807) is 31.3 Å². The average Bonchev–Trinajstić information content (AvgIpc) is 2.96. The number of rotatable bonds is 5.